The molecule has 1 heterocycles. The first kappa shape index (κ1) is 67.6. The Morgan fingerprint density at radius 3 is 2.04 bits per heavy atom. The van der Waals surface area contributed by atoms with Gasteiger partial charge < -0.3 is 73.0 Å². The van der Waals surface area contributed by atoms with Gasteiger partial charge in [-0.15, -0.1) is 0 Å². The molecule has 3 aromatic rings. The van der Waals surface area contributed by atoms with Crippen molar-refractivity contribution >= 4 is 92.5 Å². The van der Waals surface area contributed by atoms with E-state index in [1.807, 2.05) is 29.6 Å². The zero-order chi connectivity index (χ0) is 62.4. The number of phenols is 1. The zero-order valence-corrected chi connectivity index (χ0v) is 49.4. The highest BCUT2D eigenvalue weighted by Gasteiger charge is 2.38. The highest BCUT2D eigenvalue weighted by atomic mass is 33.1. The van der Waals surface area contributed by atoms with Crippen molar-refractivity contribution in [3.05, 3.63) is 107 Å². The summed E-state index contributed by atoms with van der Waals surface area (Å²) in [7, 11) is 1.68. The number of rotatable bonds is 20. The Hall–Kier alpha value is -8.17. The number of allylic oxidation sites excluding steroid dienone is 1. The number of carboxylic acids is 2. The topological polar surface area (TPSA) is 386 Å². The number of fused-ring (bicyclic) bond motifs is 1. The Balaban J connectivity index is 1.61. The fraction of sp³-hybridized carbons (Fsp3) is 0.466. The van der Waals surface area contributed by atoms with E-state index in [9.17, 15) is 63.6 Å². The number of urea groups is 1. The van der Waals surface area contributed by atoms with E-state index < -0.39 is 137 Å². The van der Waals surface area contributed by atoms with Crippen LogP contribution < -0.4 is 47.9 Å². The van der Waals surface area contributed by atoms with Gasteiger partial charge in [0.05, 0.1) is 12.1 Å². The van der Waals surface area contributed by atoms with Crippen LogP contribution in [0.5, 0.6) is 5.75 Å². The van der Waals surface area contributed by atoms with Crippen molar-refractivity contribution in [3.63, 3.8) is 0 Å². The third kappa shape index (κ3) is 22.1. The lowest BCUT2D eigenvalue weighted by molar-refractivity contribution is -0.153. The molecule has 85 heavy (non-hydrogen) atoms. The molecule has 0 saturated carbocycles. The first-order valence-electron chi connectivity index (χ1n) is 27.7. The van der Waals surface area contributed by atoms with Crippen LogP contribution in [-0.4, -0.2) is 164 Å². The molecule has 2 aliphatic rings. The van der Waals surface area contributed by atoms with Crippen LogP contribution in [0.2, 0.25) is 0 Å². The molecule has 460 valence electrons. The number of aromatic hydroxyl groups is 1. The van der Waals surface area contributed by atoms with Crippen molar-refractivity contribution < 1.29 is 77.9 Å². The predicted octanol–water partition coefficient (Wildman–Crippen LogP) is 2.02. The maximum absolute atomic E-state index is 15.1. The average molecular weight is 1220 g/mol. The van der Waals surface area contributed by atoms with E-state index >= 15 is 9.59 Å². The third-order valence-corrected chi connectivity index (χ3v) is 15.8. The Bertz CT molecular complexity index is 2890. The highest BCUT2D eigenvalue weighted by Crippen LogP contribution is 2.31. The maximum atomic E-state index is 15.1. The van der Waals surface area contributed by atoms with Crippen LogP contribution in [0.15, 0.2) is 84.9 Å². The average Bonchev–Trinajstić information content (AvgIpc) is 3.67. The van der Waals surface area contributed by atoms with Gasteiger partial charge in [0.15, 0.2) is 5.78 Å². The summed E-state index contributed by atoms with van der Waals surface area (Å²) in [4.78, 5) is 151. The fourth-order valence-electron chi connectivity index (χ4n) is 9.07. The number of aliphatic carboxylic acids is 2. The van der Waals surface area contributed by atoms with E-state index in [2.05, 4.69) is 42.5 Å². The van der Waals surface area contributed by atoms with Gasteiger partial charge in [0.1, 0.15) is 41.6 Å². The van der Waals surface area contributed by atoms with Crippen molar-refractivity contribution in [1.82, 2.24) is 47.9 Å². The van der Waals surface area contributed by atoms with E-state index in [0.29, 0.717) is 23.1 Å². The lowest BCUT2D eigenvalue weighted by atomic mass is 9.90. The van der Waals surface area contributed by atoms with Gasteiger partial charge in [-0.25, -0.2) is 19.2 Å². The molecule has 1 aliphatic heterocycles. The van der Waals surface area contributed by atoms with E-state index in [4.69, 9.17) is 4.74 Å². The lowest BCUT2D eigenvalue weighted by Crippen LogP contribution is -2.62. The Morgan fingerprint density at radius 1 is 0.729 bits per heavy atom. The van der Waals surface area contributed by atoms with Crippen LogP contribution in [0.4, 0.5) is 9.59 Å². The maximum Gasteiger partial charge on any atom is 0.407 e. The van der Waals surface area contributed by atoms with Crippen LogP contribution in [0.25, 0.3) is 5.57 Å². The normalized spacial score (nSPS) is 20.7. The summed E-state index contributed by atoms with van der Waals surface area (Å²) in [6.45, 7) is 8.13. The summed E-state index contributed by atoms with van der Waals surface area (Å²) in [5.41, 5.74) is 2.72. The number of hydrogen-bond acceptors (Lipinski definition) is 16. The van der Waals surface area contributed by atoms with Gasteiger partial charge in [-0.2, -0.15) is 0 Å². The molecule has 0 bridgehead atoms. The molecule has 0 unspecified atom stereocenters. The third-order valence-electron chi connectivity index (χ3n) is 13.4. The number of aliphatic hydroxyl groups excluding tert-OH is 1. The molecule has 13 N–H and O–H groups in total. The summed E-state index contributed by atoms with van der Waals surface area (Å²) >= 11 is 0. The number of aliphatic hydroxyl groups is 1. The number of nitrogens with one attached hydrogen (secondary N) is 9. The van der Waals surface area contributed by atoms with Crippen molar-refractivity contribution in [2.45, 2.75) is 140 Å². The van der Waals surface area contributed by atoms with E-state index in [1.54, 1.807) is 64.1 Å². The number of ether oxygens (including phenoxy) is 1. The van der Waals surface area contributed by atoms with Crippen LogP contribution in [0, 0.1) is 5.92 Å². The smallest absolute Gasteiger partial charge is 0.407 e. The van der Waals surface area contributed by atoms with Crippen molar-refractivity contribution in [1.29, 1.82) is 0 Å². The number of carboxylic acid groups (broad SMARTS) is 2. The molecule has 0 spiro atoms. The van der Waals surface area contributed by atoms with E-state index in [0.717, 1.165) is 39.6 Å². The first-order chi connectivity index (χ1) is 40.3. The number of phenolic OH excluding ortho intramolecular Hbond substituents is 1. The molecule has 1 aliphatic carbocycles. The molecule has 8 atom stereocenters. The summed E-state index contributed by atoms with van der Waals surface area (Å²) in [6.07, 6.45) is -0.739. The Kier molecular flexibility index (Phi) is 26.1. The fourth-order valence-corrected chi connectivity index (χ4v) is 11.4. The van der Waals surface area contributed by atoms with Crippen molar-refractivity contribution in [2.75, 3.05) is 24.6 Å². The van der Waals surface area contributed by atoms with Crippen LogP contribution >= 0.6 is 21.6 Å². The van der Waals surface area contributed by atoms with Crippen LogP contribution in [-0.2, 0) is 67.2 Å². The minimum Gasteiger partial charge on any atom is -0.508 e. The molecule has 5 rings (SSSR count). The van der Waals surface area contributed by atoms with E-state index in [-0.39, 0.29) is 63.1 Å². The molecule has 27 heteroatoms. The van der Waals surface area contributed by atoms with Gasteiger partial charge in [-0.05, 0) is 107 Å². The van der Waals surface area contributed by atoms with Gasteiger partial charge in [0, 0.05) is 49.8 Å². The van der Waals surface area contributed by atoms with Crippen molar-refractivity contribution in [2.24, 2.45) is 5.92 Å². The van der Waals surface area contributed by atoms with Gasteiger partial charge in [-0.1, -0.05) is 94.4 Å². The number of ketones is 1. The van der Waals surface area contributed by atoms with Crippen LogP contribution in [0.3, 0.4) is 0 Å². The summed E-state index contributed by atoms with van der Waals surface area (Å²) < 4.78 is 5.32. The molecule has 9 amide bonds. The van der Waals surface area contributed by atoms with Crippen molar-refractivity contribution in [3.8, 4) is 5.75 Å². The van der Waals surface area contributed by atoms with Gasteiger partial charge in [0.25, 0.3) is 0 Å². The molecule has 0 aromatic heterocycles. The predicted molar refractivity (Wildman–Crippen MR) is 315 cm³/mol. The SMILES string of the molecule is CCNC(=O)N[C@H](Cc1ccccc1)C(=O)N[C@H]1CSSC[C@@H](C(=O)NC(C(=O)O)C(=O)O)NC(=O)[C@H]([C@@H](C)O)NC(=O)[C@H](CCCCNC(=O)OC(C)(C)C)NC(=O)[C@@H](CC2=CCc3ccccc32)NC(=O)[C@H](Cc2ccc(O)cc2)CC1=O. The number of hydrogen-bond donors (Lipinski definition) is 13. The number of unbranched alkanes of at least 4 members (excludes halogenated alkanes) is 1. The Labute approximate surface area is 499 Å². The minimum absolute atomic E-state index is 0.0346. The second kappa shape index (κ2) is 32.8. The van der Waals surface area contributed by atoms with Gasteiger partial charge >= 0.3 is 24.1 Å². The monoisotopic (exact) mass is 1220 g/mol. The molecule has 3 aromatic carbocycles. The number of benzene rings is 3. The molecular formula is C58H75N9O16S2. The molecular weight excluding hydrogens is 1140 g/mol. The molecule has 1 saturated heterocycles. The minimum atomic E-state index is -2.50. The summed E-state index contributed by atoms with van der Waals surface area (Å²) in [5.74, 6) is -12.9. The number of Topliss-reactive ketones (excluding diaryl/α,β-unsaturated/α-hetero) is 1. The molecule has 25 nitrogen and oxygen atoms in total. The summed E-state index contributed by atoms with van der Waals surface area (Å²) in [5, 5.41) is 63.3. The summed E-state index contributed by atoms with van der Waals surface area (Å²) in [6, 6.07) is 9.30. The Morgan fingerprint density at radius 2 is 1.38 bits per heavy atom. The van der Waals surface area contributed by atoms with E-state index in [1.165, 1.54) is 24.3 Å². The number of carbonyl (C=O) groups excluding carboxylic acids is 9. The molecule has 1 fully saturated rings. The number of amides is 9. The highest BCUT2D eigenvalue weighted by molar-refractivity contribution is 8.76. The number of carbonyl (C=O) groups is 11. The zero-order valence-electron chi connectivity index (χ0n) is 47.8. The van der Waals surface area contributed by atoms with Gasteiger partial charge in [-0.3, -0.25) is 33.6 Å². The second-order valence-electron chi connectivity index (χ2n) is 21.4. The van der Waals surface area contributed by atoms with Crippen LogP contribution in [0.1, 0.15) is 89.0 Å². The first-order valence-corrected chi connectivity index (χ1v) is 30.1. The second-order valence-corrected chi connectivity index (χ2v) is 23.9. The molecule has 0 radical (unpaired) electrons. The standard InChI is InChI=1S/C58H75N9O16S2/c1-6-59-56(81)65-41(27-33-14-8-7-9-15-33)50(73)63-43-30-84-85-31-44(52(75)67-47(54(77)78)55(79)80)64-53(76)46(32(2)68)66-49(72)40(18-12-13-25-60-57(82)83-58(3,4)5)61-51(74)42(28-36-22-21-35-16-10-11-17-39(35)36)62-48(71)37(29-45(43)70)26-34-19-23-38(69)24-20-34/h7-11,14-17,19-20,22-24,32,37,40-44,46-47,68-69H,6,12-13,18,21,25-31H2,1-5H3,(H,60,82)(H,61,74)(H,62,71)(H,63,73)(H,64,76)(H,66,72)(H,67,75)(H,77,78)(H,79,80)(H2,59,65,81)/t32-,37-,40+,41-,42-,43+,44+,46+/m1/s1. The largest absolute Gasteiger partial charge is 0.508 e. The van der Waals surface area contributed by atoms with Gasteiger partial charge in [0.2, 0.25) is 41.5 Å². The quantitative estimate of drug-likeness (QED) is 0.0437. The number of alkyl carbamates (subject to hydrolysis) is 1. The lowest BCUT2D eigenvalue weighted by Gasteiger charge is -2.29.